The van der Waals surface area contributed by atoms with Gasteiger partial charge in [-0.05, 0) is 37.0 Å². The number of rotatable bonds is 5. The van der Waals surface area contributed by atoms with Crippen LogP contribution in [0.3, 0.4) is 0 Å². The van der Waals surface area contributed by atoms with Crippen LogP contribution in [0, 0.1) is 11.8 Å². The number of carboxylic acids is 1. The van der Waals surface area contributed by atoms with Gasteiger partial charge in [0.15, 0.2) is 0 Å². The summed E-state index contributed by atoms with van der Waals surface area (Å²) in [5.74, 6) is -2.04. The molecule has 1 aromatic carbocycles. The number of phenolic OH excluding ortho intramolecular Hbond substituents is 1. The van der Waals surface area contributed by atoms with Gasteiger partial charge in [0.25, 0.3) is 0 Å². The molecule has 0 spiro atoms. The molecular formula is C16H19NO4. The summed E-state index contributed by atoms with van der Waals surface area (Å²) in [6.45, 7) is 0.455. The fourth-order valence-electron chi connectivity index (χ4n) is 2.50. The van der Waals surface area contributed by atoms with Gasteiger partial charge in [-0.25, -0.2) is 0 Å². The van der Waals surface area contributed by atoms with E-state index in [0.717, 1.165) is 5.56 Å². The zero-order valence-electron chi connectivity index (χ0n) is 11.7. The number of amides is 1. The van der Waals surface area contributed by atoms with Crippen molar-refractivity contribution in [3.05, 3.63) is 42.0 Å². The van der Waals surface area contributed by atoms with E-state index >= 15 is 0 Å². The number of carbonyl (C=O) groups excluding carboxylic acids is 1. The molecule has 1 aromatic rings. The molecule has 0 heterocycles. The Morgan fingerprint density at radius 2 is 1.71 bits per heavy atom. The topological polar surface area (TPSA) is 86.6 Å². The zero-order chi connectivity index (χ0) is 15.2. The predicted molar refractivity (Wildman–Crippen MR) is 77.8 cm³/mol. The third kappa shape index (κ3) is 4.08. The van der Waals surface area contributed by atoms with E-state index in [0.29, 0.717) is 25.8 Å². The van der Waals surface area contributed by atoms with Crippen molar-refractivity contribution in [3.63, 3.8) is 0 Å². The monoisotopic (exact) mass is 289 g/mol. The van der Waals surface area contributed by atoms with E-state index < -0.39 is 17.8 Å². The lowest BCUT2D eigenvalue weighted by Crippen LogP contribution is -2.39. The summed E-state index contributed by atoms with van der Waals surface area (Å²) in [5, 5.41) is 21.1. The van der Waals surface area contributed by atoms with Crippen molar-refractivity contribution in [2.75, 3.05) is 6.54 Å². The second kappa shape index (κ2) is 6.92. The average molecular weight is 289 g/mol. The Morgan fingerprint density at radius 3 is 2.33 bits per heavy atom. The number of aromatic hydroxyl groups is 1. The summed E-state index contributed by atoms with van der Waals surface area (Å²) in [6, 6.07) is 6.79. The molecule has 1 aliphatic carbocycles. The summed E-state index contributed by atoms with van der Waals surface area (Å²) in [5.41, 5.74) is 1.01. The lowest BCUT2D eigenvalue weighted by Gasteiger charge is -2.24. The maximum atomic E-state index is 12.1. The van der Waals surface area contributed by atoms with Gasteiger partial charge in [0, 0.05) is 6.54 Å². The molecule has 2 rings (SSSR count). The second-order valence-corrected chi connectivity index (χ2v) is 5.20. The molecular weight excluding hydrogens is 270 g/mol. The van der Waals surface area contributed by atoms with Crippen molar-refractivity contribution in [1.82, 2.24) is 5.32 Å². The molecule has 5 nitrogen and oxygen atoms in total. The first-order valence-electron chi connectivity index (χ1n) is 7.01. The molecule has 1 aliphatic rings. The number of aliphatic carboxylic acids is 1. The molecule has 2 atom stereocenters. The Labute approximate surface area is 123 Å². The molecule has 3 N–H and O–H groups in total. The van der Waals surface area contributed by atoms with Crippen molar-refractivity contribution in [2.24, 2.45) is 11.8 Å². The van der Waals surface area contributed by atoms with Gasteiger partial charge in [-0.15, -0.1) is 0 Å². The predicted octanol–water partition coefficient (Wildman–Crippen LogP) is 1.72. The minimum atomic E-state index is -0.918. The number of hydrogen-bond donors (Lipinski definition) is 3. The molecule has 0 saturated heterocycles. The molecule has 0 aromatic heterocycles. The van der Waals surface area contributed by atoms with Crippen LogP contribution in [0.25, 0.3) is 0 Å². The van der Waals surface area contributed by atoms with E-state index in [4.69, 9.17) is 5.11 Å². The van der Waals surface area contributed by atoms with Crippen LogP contribution in [0.15, 0.2) is 36.4 Å². The van der Waals surface area contributed by atoms with Crippen LogP contribution >= 0.6 is 0 Å². The fraction of sp³-hybridized carbons (Fsp3) is 0.375. The van der Waals surface area contributed by atoms with Gasteiger partial charge in [-0.2, -0.15) is 0 Å². The highest BCUT2D eigenvalue weighted by atomic mass is 16.4. The first-order valence-corrected chi connectivity index (χ1v) is 7.01. The van der Waals surface area contributed by atoms with E-state index in [9.17, 15) is 14.7 Å². The first kappa shape index (κ1) is 15.1. The van der Waals surface area contributed by atoms with Crippen molar-refractivity contribution < 1.29 is 19.8 Å². The zero-order valence-corrected chi connectivity index (χ0v) is 11.7. The maximum absolute atomic E-state index is 12.1. The molecule has 0 saturated carbocycles. The SMILES string of the molecule is O=C(O)C1CC=CCC1C(=O)NCCc1ccc(O)cc1. The van der Waals surface area contributed by atoms with Crippen molar-refractivity contribution in [3.8, 4) is 5.75 Å². The van der Waals surface area contributed by atoms with E-state index in [1.54, 1.807) is 24.3 Å². The van der Waals surface area contributed by atoms with Crippen LogP contribution in [0.5, 0.6) is 5.75 Å². The summed E-state index contributed by atoms with van der Waals surface area (Å²) < 4.78 is 0. The molecule has 112 valence electrons. The highest BCUT2D eigenvalue weighted by Gasteiger charge is 2.33. The van der Waals surface area contributed by atoms with Crippen LogP contribution in [-0.4, -0.2) is 28.6 Å². The summed E-state index contributed by atoms with van der Waals surface area (Å²) in [4.78, 5) is 23.3. The Kier molecular flexibility index (Phi) is 4.98. The molecule has 0 aliphatic heterocycles. The maximum Gasteiger partial charge on any atom is 0.307 e. The quantitative estimate of drug-likeness (QED) is 0.720. The van der Waals surface area contributed by atoms with Crippen LogP contribution < -0.4 is 5.32 Å². The standard InChI is InChI=1S/C16H19NO4/c18-12-7-5-11(6-8-12)9-10-17-15(19)13-3-1-2-4-14(13)16(20)21/h1-2,5-8,13-14,18H,3-4,9-10H2,(H,17,19)(H,20,21). The van der Waals surface area contributed by atoms with Gasteiger partial charge in [0.1, 0.15) is 5.75 Å². The van der Waals surface area contributed by atoms with E-state index in [2.05, 4.69) is 5.32 Å². The number of carbonyl (C=O) groups is 2. The summed E-state index contributed by atoms with van der Waals surface area (Å²) in [7, 11) is 0. The smallest absolute Gasteiger partial charge is 0.307 e. The minimum absolute atomic E-state index is 0.203. The van der Waals surface area contributed by atoms with Crippen LogP contribution in [0.1, 0.15) is 18.4 Å². The van der Waals surface area contributed by atoms with Crippen molar-refractivity contribution >= 4 is 11.9 Å². The largest absolute Gasteiger partial charge is 0.508 e. The van der Waals surface area contributed by atoms with Crippen molar-refractivity contribution in [1.29, 1.82) is 0 Å². The van der Waals surface area contributed by atoms with Gasteiger partial charge < -0.3 is 15.5 Å². The Hall–Kier alpha value is -2.30. The number of phenols is 1. The van der Waals surface area contributed by atoms with Gasteiger partial charge in [-0.3, -0.25) is 9.59 Å². The molecule has 21 heavy (non-hydrogen) atoms. The normalized spacial score (nSPS) is 21.0. The van der Waals surface area contributed by atoms with Gasteiger partial charge in [0.05, 0.1) is 11.8 Å². The average Bonchev–Trinajstić information content (AvgIpc) is 2.49. The third-order valence-electron chi connectivity index (χ3n) is 3.74. The highest BCUT2D eigenvalue weighted by Crippen LogP contribution is 2.26. The van der Waals surface area contributed by atoms with Crippen LogP contribution in [0.2, 0.25) is 0 Å². The number of benzene rings is 1. The highest BCUT2D eigenvalue weighted by molar-refractivity contribution is 5.85. The second-order valence-electron chi connectivity index (χ2n) is 5.20. The van der Waals surface area contributed by atoms with Crippen molar-refractivity contribution in [2.45, 2.75) is 19.3 Å². The number of nitrogens with one attached hydrogen (secondary N) is 1. The summed E-state index contributed by atoms with van der Waals surface area (Å²) in [6.07, 6.45) is 5.21. The van der Waals surface area contributed by atoms with Gasteiger partial charge in [-0.1, -0.05) is 24.3 Å². The molecule has 2 unspecified atom stereocenters. The van der Waals surface area contributed by atoms with Crippen LogP contribution in [-0.2, 0) is 16.0 Å². The third-order valence-corrected chi connectivity index (χ3v) is 3.74. The number of carboxylic acid groups (broad SMARTS) is 1. The lowest BCUT2D eigenvalue weighted by atomic mass is 9.82. The number of hydrogen-bond acceptors (Lipinski definition) is 3. The fourth-order valence-corrected chi connectivity index (χ4v) is 2.50. The van der Waals surface area contributed by atoms with Crippen LogP contribution in [0.4, 0.5) is 0 Å². The summed E-state index contributed by atoms with van der Waals surface area (Å²) >= 11 is 0. The molecule has 5 heteroatoms. The Morgan fingerprint density at radius 1 is 1.10 bits per heavy atom. The first-order chi connectivity index (χ1) is 10.1. The molecule has 0 fully saturated rings. The molecule has 0 bridgehead atoms. The Bertz CT molecular complexity index is 536. The lowest BCUT2D eigenvalue weighted by molar-refractivity contribution is -0.147. The molecule has 1 amide bonds. The number of allylic oxidation sites excluding steroid dienone is 2. The van der Waals surface area contributed by atoms with E-state index in [-0.39, 0.29) is 11.7 Å². The molecule has 0 radical (unpaired) electrons. The van der Waals surface area contributed by atoms with E-state index in [1.807, 2.05) is 12.2 Å². The van der Waals surface area contributed by atoms with Gasteiger partial charge in [0.2, 0.25) is 5.91 Å². The van der Waals surface area contributed by atoms with Gasteiger partial charge >= 0.3 is 5.97 Å². The van der Waals surface area contributed by atoms with E-state index in [1.165, 1.54) is 0 Å². The minimum Gasteiger partial charge on any atom is -0.508 e. The Balaban J connectivity index is 1.85.